The summed E-state index contributed by atoms with van der Waals surface area (Å²) < 4.78 is -0.849. The van der Waals surface area contributed by atoms with Crippen LogP contribution in [-0.4, -0.2) is 24.6 Å². The van der Waals surface area contributed by atoms with E-state index >= 15 is 0 Å². The van der Waals surface area contributed by atoms with Crippen LogP contribution < -0.4 is 0 Å². The van der Waals surface area contributed by atoms with Crippen LogP contribution in [0.4, 0.5) is 0 Å². The molecule has 1 aliphatic heterocycles. The van der Waals surface area contributed by atoms with E-state index in [-0.39, 0.29) is 0 Å². The van der Waals surface area contributed by atoms with Crippen LogP contribution in [-0.2, 0) is 9.59 Å². The molecule has 0 aromatic rings. The van der Waals surface area contributed by atoms with Gasteiger partial charge in [-0.1, -0.05) is 23.2 Å². The van der Waals surface area contributed by atoms with E-state index in [1.807, 2.05) is 0 Å². The van der Waals surface area contributed by atoms with Crippen LogP contribution in [0.15, 0.2) is 12.2 Å². The third-order valence-electron chi connectivity index (χ3n) is 1.24. The molecule has 1 rings (SSSR count). The summed E-state index contributed by atoms with van der Waals surface area (Å²) in [5, 5.41) is 0. The lowest BCUT2D eigenvalue weighted by Gasteiger charge is -2.23. The van der Waals surface area contributed by atoms with Gasteiger partial charge < -0.3 is 0 Å². The molecule has 14 heavy (non-hydrogen) atoms. The van der Waals surface area contributed by atoms with Gasteiger partial charge in [0.05, 0.1) is 0 Å². The van der Waals surface area contributed by atoms with Crippen molar-refractivity contribution in [3.05, 3.63) is 12.2 Å². The third-order valence-corrected chi connectivity index (χ3v) is 4.47. The fourth-order valence-electron chi connectivity index (χ4n) is 0.638. The number of rotatable bonds is 3. The lowest BCUT2D eigenvalue weighted by molar-refractivity contribution is -0.130. The van der Waals surface area contributed by atoms with Gasteiger partial charge in [0.15, 0.2) is 4.84 Å². The average molecular weight is 295 g/mol. The van der Waals surface area contributed by atoms with Gasteiger partial charge in [0.25, 0.3) is 11.8 Å². The average Bonchev–Trinajstić information content (AvgIpc) is 2.35. The van der Waals surface area contributed by atoms with Crippen LogP contribution in [0.2, 0.25) is 0 Å². The van der Waals surface area contributed by atoms with E-state index in [9.17, 15) is 9.59 Å². The number of alkyl halides is 4. The van der Waals surface area contributed by atoms with Crippen LogP contribution in [0, 0.1) is 0 Å². The van der Waals surface area contributed by atoms with Gasteiger partial charge in [0, 0.05) is 24.1 Å². The molecule has 3 nitrogen and oxygen atoms in total. The molecule has 0 aliphatic carbocycles. The van der Waals surface area contributed by atoms with E-state index in [0.29, 0.717) is 11.9 Å². The van der Waals surface area contributed by atoms with Gasteiger partial charge in [-0.25, -0.2) is 4.31 Å². The maximum Gasteiger partial charge on any atom is 0.263 e. The summed E-state index contributed by atoms with van der Waals surface area (Å²) in [5.41, 5.74) is 0. The molecule has 0 aromatic carbocycles. The minimum Gasteiger partial charge on any atom is -0.268 e. The molecule has 0 N–H and O–H groups in total. The maximum atomic E-state index is 11.1. The maximum absolute atomic E-state index is 11.1. The molecule has 78 valence electrons. The van der Waals surface area contributed by atoms with Crippen molar-refractivity contribution in [2.24, 2.45) is 0 Å². The number of carbonyl (C=O) groups is 2. The summed E-state index contributed by atoms with van der Waals surface area (Å²) in [7, 11) is 0. The highest BCUT2D eigenvalue weighted by atomic mass is 35.5. The lowest BCUT2D eigenvalue weighted by atomic mass is 10.6. The van der Waals surface area contributed by atoms with Crippen LogP contribution in [0.25, 0.3) is 0 Å². The number of halogens is 4. The Balaban J connectivity index is 2.70. The number of hydrogen-bond donors (Lipinski definition) is 0. The van der Waals surface area contributed by atoms with E-state index in [1.54, 1.807) is 0 Å². The first-order valence-corrected chi connectivity index (χ1v) is 5.66. The molecule has 0 radical (unpaired) electrons. The van der Waals surface area contributed by atoms with Crippen LogP contribution in [0.1, 0.15) is 0 Å². The first-order chi connectivity index (χ1) is 6.34. The van der Waals surface area contributed by atoms with Gasteiger partial charge in [-0.2, -0.15) is 0 Å². The molecule has 2 amide bonds. The Morgan fingerprint density at radius 2 is 1.64 bits per heavy atom. The molecule has 0 unspecified atom stereocenters. The van der Waals surface area contributed by atoms with Gasteiger partial charge in [-0.05, 0) is 0 Å². The quantitative estimate of drug-likeness (QED) is 0.456. The SMILES string of the molecule is O=C1C=CC(=O)N1SC(Cl)(Cl)C(Cl)Cl. The largest absolute Gasteiger partial charge is 0.268 e. The highest BCUT2D eigenvalue weighted by Gasteiger charge is 2.40. The molecule has 0 spiro atoms. The van der Waals surface area contributed by atoms with Gasteiger partial charge >= 0.3 is 0 Å². The van der Waals surface area contributed by atoms with Crippen LogP contribution >= 0.6 is 58.4 Å². The van der Waals surface area contributed by atoms with Gasteiger partial charge in [-0.15, -0.1) is 23.2 Å². The molecular formula is C6H3Cl4NO2S. The van der Waals surface area contributed by atoms with Crippen LogP contribution in [0.5, 0.6) is 0 Å². The third kappa shape index (κ3) is 2.70. The first kappa shape index (κ1) is 12.5. The standard InChI is InChI=1S/C6H3Cl4NO2S/c7-5(8)6(9,10)14-11-3(12)1-2-4(11)13/h1-2,5H. The van der Waals surface area contributed by atoms with Crippen LogP contribution in [0.3, 0.4) is 0 Å². The zero-order chi connectivity index (χ0) is 10.9. The monoisotopic (exact) mass is 293 g/mol. The molecule has 8 heteroatoms. The Kier molecular flexibility index (Phi) is 4.00. The zero-order valence-corrected chi connectivity index (χ0v) is 10.3. The van der Waals surface area contributed by atoms with Gasteiger partial charge in [0.2, 0.25) is 3.67 Å². The smallest absolute Gasteiger partial charge is 0.263 e. The molecule has 0 aromatic heterocycles. The zero-order valence-electron chi connectivity index (χ0n) is 6.42. The predicted octanol–water partition coefficient (Wildman–Crippen LogP) is 2.49. The summed E-state index contributed by atoms with van der Waals surface area (Å²) in [4.78, 5) is 21.0. The molecule has 0 bridgehead atoms. The van der Waals surface area contributed by atoms with E-state index in [0.717, 1.165) is 16.5 Å². The van der Waals surface area contributed by atoms with Crippen molar-refractivity contribution in [1.29, 1.82) is 0 Å². The van der Waals surface area contributed by atoms with Crippen molar-refractivity contribution in [2.75, 3.05) is 0 Å². The Morgan fingerprint density at radius 1 is 1.21 bits per heavy atom. The van der Waals surface area contributed by atoms with E-state index in [2.05, 4.69) is 0 Å². The van der Waals surface area contributed by atoms with Crippen molar-refractivity contribution in [2.45, 2.75) is 8.50 Å². The van der Waals surface area contributed by atoms with E-state index < -0.39 is 20.3 Å². The Labute approximate surface area is 104 Å². The molecule has 0 fully saturated rings. The Bertz CT molecular complexity index is 286. The summed E-state index contributed by atoms with van der Waals surface area (Å²) in [6, 6.07) is 0. The number of imide groups is 1. The van der Waals surface area contributed by atoms with Crippen molar-refractivity contribution in [1.82, 2.24) is 4.31 Å². The van der Waals surface area contributed by atoms with Gasteiger partial charge in [0.1, 0.15) is 0 Å². The Morgan fingerprint density at radius 3 is 2.00 bits per heavy atom. The molecule has 0 saturated carbocycles. The van der Waals surface area contributed by atoms with Crippen molar-refractivity contribution in [3.8, 4) is 0 Å². The summed E-state index contributed by atoms with van der Waals surface area (Å²) in [6.45, 7) is 0. The van der Waals surface area contributed by atoms with E-state index in [4.69, 9.17) is 46.4 Å². The molecular weight excluding hydrogens is 292 g/mol. The number of nitrogens with zero attached hydrogens (tertiary/aromatic N) is 1. The molecule has 1 aliphatic rings. The fourth-order valence-corrected chi connectivity index (χ4v) is 1.92. The molecule has 0 saturated heterocycles. The fraction of sp³-hybridized carbons (Fsp3) is 0.333. The lowest BCUT2D eigenvalue weighted by Crippen LogP contribution is -2.30. The second kappa shape index (κ2) is 4.49. The van der Waals surface area contributed by atoms with Crippen molar-refractivity contribution >= 4 is 70.2 Å². The highest BCUT2D eigenvalue weighted by molar-refractivity contribution is 8.02. The second-order valence-corrected chi connectivity index (χ2v) is 6.38. The second-order valence-electron chi connectivity index (χ2n) is 2.26. The normalized spacial score (nSPS) is 17.4. The highest BCUT2D eigenvalue weighted by Crippen LogP contribution is 2.44. The minimum atomic E-state index is -1.64. The van der Waals surface area contributed by atoms with Gasteiger partial charge in [-0.3, -0.25) is 9.59 Å². The molecule has 1 heterocycles. The van der Waals surface area contributed by atoms with Crippen molar-refractivity contribution in [3.63, 3.8) is 0 Å². The number of hydrogen-bond acceptors (Lipinski definition) is 3. The summed E-state index contributed by atoms with van der Waals surface area (Å²) in [6.07, 6.45) is 2.22. The minimum absolute atomic E-state index is 0.514. The number of amides is 2. The topological polar surface area (TPSA) is 37.4 Å². The number of carbonyl (C=O) groups excluding carboxylic acids is 2. The summed E-state index contributed by atoms with van der Waals surface area (Å²) >= 11 is 22.8. The first-order valence-electron chi connectivity index (χ1n) is 3.26. The van der Waals surface area contributed by atoms with Crippen molar-refractivity contribution < 1.29 is 9.59 Å². The summed E-state index contributed by atoms with van der Waals surface area (Å²) in [5.74, 6) is -1.03. The van der Waals surface area contributed by atoms with E-state index in [1.165, 1.54) is 0 Å². The molecule has 0 atom stereocenters. The Hall–Kier alpha value is 0.390. The predicted molar refractivity (Wildman–Crippen MR) is 58.5 cm³/mol.